The van der Waals surface area contributed by atoms with Gasteiger partial charge in [-0.15, -0.1) is 24.2 Å². The molecule has 3 N–H and O–H groups in total. The second kappa shape index (κ2) is 8.01. The Labute approximate surface area is 119 Å². The number of benzene rings is 1. The Morgan fingerprint density at radius 1 is 1.39 bits per heavy atom. The molecule has 18 heavy (non-hydrogen) atoms. The zero-order chi connectivity index (χ0) is 12.9. The fourth-order valence-corrected chi connectivity index (χ4v) is 3.54. The van der Waals surface area contributed by atoms with Crippen LogP contribution in [0.2, 0.25) is 0 Å². The van der Waals surface area contributed by atoms with Gasteiger partial charge < -0.3 is 5.73 Å². The summed E-state index contributed by atoms with van der Waals surface area (Å²) in [6.45, 7) is 2.22. The highest BCUT2D eigenvalue weighted by Crippen LogP contribution is 2.23. The van der Waals surface area contributed by atoms with Crippen LogP contribution in [0.25, 0.3) is 0 Å². The summed E-state index contributed by atoms with van der Waals surface area (Å²) in [5, 5.41) is 0. The first-order valence-corrected chi connectivity index (χ1v) is 8.06. The van der Waals surface area contributed by atoms with Gasteiger partial charge in [-0.3, -0.25) is 0 Å². The van der Waals surface area contributed by atoms with Gasteiger partial charge in [-0.2, -0.15) is 0 Å². The van der Waals surface area contributed by atoms with E-state index < -0.39 is 10.0 Å². The lowest BCUT2D eigenvalue weighted by molar-refractivity contribution is 0.570. The molecule has 0 bridgehead atoms. The van der Waals surface area contributed by atoms with Gasteiger partial charge in [-0.25, -0.2) is 13.1 Å². The molecule has 7 heteroatoms. The third-order valence-electron chi connectivity index (χ3n) is 2.25. The summed E-state index contributed by atoms with van der Waals surface area (Å²) in [5.41, 5.74) is 5.58. The number of halogens is 1. The zero-order valence-corrected chi connectivity index (χ0v) is 12.9. The van der Waals surface area contributed by atoms with Gasteiger partial charge in [0, 0.05) is 17.5 Å². The predicted molar refractivity (Wildman–Crippen MR) is 78.9 cm³/mol. The summed E-state index contributed by atoms with van der Waals surface area (Å²) in [6.07, 6.45) is 2.48. The van der Waals surface area contributed by atoms with Crippen molar-refractivity contribution in [3.05, 3.63) is 24.3 Å². The Morgan fingerprint density at radius 2 is 2.00 bits per heavy atom. The molecule has 0 saturated heterocycles. The maximum absolute atomic E-state index is 12.0. The highest BCUT2D eigenvalue weighted by atomic mass is 35.5. The molecule has 0 radical (unpaired) electrons. The van der Waals surface area contributed by atoms with Crippen molar-refractivity contribution >= 4 is 34.2 Å². The van der Waals surface area contributed by atoms with Crippen molar-refractivity contribution in [1.29, 1.82) is 0 Å². The third-order valence-corrected chi connectivity index (χ3v) is 4.69. The first-order chi connectivity index (χ1) is 7.97. The normalized spacial score (nSPS) is 12.8. The van der Waals surface area contributed by atoms with E-state index in [4.69, 9.17) is 5.73 Å². The van der Waals surface area contributed by atoms with E-state index in [2.05, 4.69) is 4.72 Å². The minimum absolute atomic E-state index is 0. The molecule has 0 aromatic heterocycles. The summed E-state index contributed by atoms with van der Waals surface area (Å²) >= 11 is 1.42. The third kappa shape index (κ3) is 5.16. The number of rotatable bonds is 6. The Bertz CT molecular complexity index is 464. The van der Waals surface area contributed by atoms with Crippen LogP contribution in [0, 0.1) is 0 Å². The van der Waals surface area contributed by atoms with E-state index in [0.717, 1.165) is 4.90 Å². The van der Waals surface area contributed by atoms with E-state index in [1.807, 2.05) is 19.2 Å². The van der Waals surface area contributed by atoms with Crippen molar-refractivity contribution in [2.24, 2.45) is 5.73 Å². The first-order valence-electron chi connectivity index (χ1n) is 5.35. The molecule has 1 aromatic carbocycles. The summed E-state index contributed by atoms with van der Waals surface area (Å²) in [7, 11) is -3.43. The summed E-state index contributed by atoms with van der Waals surface area (Å²) in [5.74, 6) is 0. The molecule has 1 unspecified atom stereocenters. The lowest BCUT2D eigenvalue weighted by atomic mass is 10.3. The largest absolute Gasteiger partial charge is 0.328 e. The molecule has 0 amide bonds. The highest BCUT2D eigenvalue weighted by Gasteiger charge is 2.17. The van der Waals surface area contributed by atoms with Crippen LogP contribution >= 0.6 is 24.2 Å². The van der Waals surface area contributed by atoms with Gasteiger partial charge in [0.1, 0.15) is 0 Å². The van der Waals surface area contributed by atoms with E-state index in [1.165, 1.54) is 11.8 Å². The topological polar surface area (TPSA) is 72.2 Å². The van der Waals surface area contributed by atoms with Crippen molar-refractivity contribution < 1.29 is 8.42 Å². The lowest BCUT2D eigenvalue weighted by Crippen LogP contribution is -2.29. The molecule has 104 valence electrons. The minimum atomic E-state index is -3.43. The predicted octanol–water partition coefficient (Wildman–Crippen LogP) is 1.85. The second-order valence-electron chi connectivity index (χ2n) is 3.81. The van der Waals surface area contributed by atoms with Crippen LogP contribution in [-0.4, -0.2) is 27.3 Å². The minimum Gasteiger partial charge on any atom is -0.328 e. The highest BCUT2D eigenvalue weighted by molar-refractivity contribution is 7.99. The van der Waals surface area contributed by atoms with Gasteiger partial charge >= 0.3 is 0 Å². The van der Waals surface area contributed by atoms with Gasteiger partial charge in [0.15, 0.2) is 0 Å². The van der Waals surface area contributed by atoms with Crippen LogP contribution in [0.4, 0.5) is 0 Å². The van der Waals surface area contributed by atoms with Gasteiger partial charge in [-0.05, 0) is 31.7 Å². The molecular weight excluding hydrogens is 292 g/mol. The number of hydrogen-bond acceptors (Lipinski definition) is 4. The van der Waals surface area contributed by atoms with E-state index in [0.29, 0.717) is 17.9 Å². The molecule has 0 aliphatic rings. The molecule has 1 rings (SSSR count). The van der Waals surface area contributed by atoms with Crippen molar-refractivity contribution in [3.63, 3.8) is 0 Å². The van der Waals surface area contributed by atoms with Gasteiger partial charge in [0.25, 0.3) is 0 Å². The molecule has 1 aromatic rings. The lowest BCUT2D eigenvalue weighted by Gasteiger charge is -2.10. The van der Waals surface area contributed by atoms with Crippen molar-refractivity contribution in [2.45, 2.75) is 29.2 Å². The monoisotopic (exact) mass is 310 g/mol. The fourth-order valence-electron chi connectivity index (χ4n) is 1.34. The average Bonchev–Trinajstić information content (AvgIpc) is 2.28. The molecule has 0 fully saturated rings. The number of sulfonamides is 1. The zero-order valence-electron chi connectivity index (χ0n) is 10.4. The number of hydrogen-bond donors (Lipinski definition) is 2. The SMILES string of the molecule is CSc1ccccc1S(=O)(=O)NCCC(C)N.Cl. The van der Waals surface area contributed by atoms with Crippen LogP contribution in [0.5, 0.6) is 0 Å². The van der Waals surface area contributed by atoms with E-state index in [-0.39, 0.29) is 18.4 Å². The van der Waals surface area contributed by atoms with Crippen molar-refractivity contribution in [3.8, 4) is 0 Å². The summed E-state index contributed by atoms with van der Waals surface area (Å²) in [6, 6.07) is 6.95. The van der Waals surface area contributed by atoms with E-state index in [1.54, 1.807) is 18.2 Å². The van der Waals surface area contributed by atoms with Crippen LogP contribution in [0.15, 0.2) is 34.1 Å². The molecule has 0 aliphatic carbocycles. The fraction of sp³-hybridized carbons (Fsp3) is 0.455. The summed E-state index contributed by atoms with van der Waals surface area (Å²) in [4.78, 5) is 1.08. The van der Waals surface area contributed by atoms with Crippen LogP contribution in [0.1, 0.15) is 13.3 Å². The maximum atomic E-state index is 12.0. The first kappa shape index (κ1) is 17.7. The van der Waals surface area contributed by atoms with Gasteiger partial charge in [-0.1, -0.05) is 12.1 Å². The number of nitrogens with two attached hydrogens (primary N) is 1. The van der Waals surface area contributed by atoms with Gasteiger partial charge in [0.2, 0.25) is 10.0 Å². The standard InChI is InChI=1S/C11H18N2O2S2.ClH/c1-9(12)7-8-13-17(14,15)11-6-4-3-5-10(11)16-2;/h3-6,9,13H,7-8,12H2,1-2H3;1H. The Balaban J connectivity index is 0.00000289. The van der Waals surface area contributed by atoms with Crippen molar-refractivity contribution in [2.75, 3.05) is 12.8 Å². The second-order valence-corrected chi connectivity index (χ2v) is 6.40. The van der Waals surface area contributed by atoms with Crippen LogP contribution in [0.3, 0.4) is 0 Å². The molecule has 0 heterocycles. The van der Waals surface area contributed by atoms with Crippen LogP contribution in [-0.2, 0) is 10.0 Å². The average molecular weight is 311 g/mol. The summed E-state index contributed by atoms with van der Waals surface area (Å²) < 4.78 is 26.6. The molecule has 0 aliphatic heterocycles. The maximum Gasteiger partial charge on any atom is 0.241 e. The smallest absolute Gasteiger partial charge is 0.241 e. The Hall–Kier alpha value is -0.270. The molecule has 0 saturated carbocycles. The van der Waals surface area contributed by atoms with Gasteiger partial charge in [0.05, 0.1) is 4.90 Å². The van der Waals surface area contributed by atoms with E-state index in [9.17, 15) is 8.42 Å². The Morgan fingerprint density at radius 3 is 2.56 bits per heavy atom. The quantitative estimate of drug-likeness (QED) is 0.787. The van der Waals surface area contributed by atoms with Crippen LogP contribution < -0.4 is 10.5 Å². The Kier molecular flexibility index (Phi) is 7.89. The molecule has 1 atom stereocenters. The molecule has 0 spiro atoms. The van der Waals surface area contributed by atoms with Crippen molar-refractivity contribution in [1.82, 2.24) is 4.72 Å². The number of nitrogens with one attached hydrogen (secondary N) is 1. The number of thioether (sulfide) groups is 1. The van der Waals surface area contributed by atoms with E-state index >= 15 is 0 Å². The molecule has 4 nitrogen and oxygen atoms in total. The molecular formula is C11H19ClN2O2S2.